The minimum atomic E-state index is 0.260. The highest BCUT2D eigenvalue weighted by Gasteiger charge is 2.32. The van der Waals surface area contributed by atoms with Gasteiger partial charge in [0.1, 0.15) is 0 Å². The Morgan fingerprint density at radius 1 is 1.62 bits per heavy atom. The third-order valence-corrected chi connectivity index (χ3v) is 2.98. The molecule has 0 spiro atoms. The number of rotatable bonds is 1. The highest BCUT2D eigenvalue weighted by molar-refractivity contribution is 5.95. The molecular formula is C10H16N2O. The molecule has 1 unspecified atom stereocenters. The lowest BCUT2D eigenvalue weighted by molar-refractivity contribution is -0.126. The Morgan fingerprint density at radius 3 is 3.00 bits per heavy atom. The maximum Gasteiger partial charge on any atom is 0.249 e. The third-order valence-electron chi connectivity index (χ3n) is 2.98. The monoisotopic (exact) mass is 180 g/mol. The quantitative estimate of drug-likeness (QED) is 0.597. The fourth-order valence-corrected chi connectivity index (χ4v) is 2.16. The minimum absolute atomic E-state index is 0.260. The van der Waals surface area contributed by atoms with Gasteiger partial charge in [0.2, 0.25) is 5.91 Å². The highest BCUT2D eigenvalue weighted by atomic mass is 16.2. The summed E-state index contributed by atoms with van der Waals surface area (Å²) in [5, 5.41) is 3.29. The largest absolute Gasteiger partial charge is 0.334 e. The molecule has 3 nitrogen and oxygen atoms in total. The summed E-state index contributed by atoms with van der Waals surface area (Å²) in [7, 11) is 0. The maximum absolute atomic E-state index is 11.8. The van der Waals surface area contributed by atoms with Gasteiger partial charge in [-0.3, -0.25) is 4.79 Å². The molecule has 13 heavy (non-hydrogen) atoms. The normalized spacial score (nSPS) is 32.1. The van der Waals surface area contributed by atoms with E-state index in [2.05, 4.69) is 5.32 Å². The Labute approximate surface area is 78.8 Å². The minimum Gasteiger partial charge on any atom is -0.334 e. The number of allylic oxidation sites excluding steroid dienone is 1. The van der Waals surface area contributed by atoms with Crippen LogP contribution in [0.2, 0.25) is 0 Å². The van der Waals surface area contributed by atoms with Crippen molar-refractivity contribution in [3.8, 4) is 0 Å². The number of nitrogens with zero attached hydrogens (tertiary/aromatic N) is 1. The van der Waals surface area contributed by atoms with Crippen molar-refractivity contribution in [3.63, 3.8) is 0 Å². The van der Waals surface area contributed by atoms with Crippen molar-refractivity contribution >= 4 is 5.91 Å². The third kappa shape index (κ3) is 1.48. The molecule has 2 heterocycles. The van der Waals surface area contributed by atoms with Gasteiger partial charge in [0, 0.05) is 24.7 Å². The van der Waals surface area contributed by atoms with E-state index < -0.39 is 0 Å². The van der Waals surface area contributed by atoms with E-state index in [1.165, 1.54) is 0 Å². The highest BCUT2D eigenvalue weighted by Crippen LogP contribution is 2.21. The van der Waals surface area contributed by atoms with Gasteiger partial charge >= 0.3 is 0 Å². The van der Waals surface area contributed by atoms with Gasteiger partial charge in [-0.1, -0.05) is 6.08 Å². The van der Waals surface area contributed by atoms with E-state index in [1.54, 1.807) is 0 Å². The van der Waals surface area contributed by atoms with E-state index in [9.17, 15) is 4.79 Å². The zero-order chi connectivity index (χ0) is 9.26. The molecule has 72 valence electrons. The van der Waals surface area contributed by atoms with Crippen LogP contribution in [0.3, 0.4) is 0 Å². The van der Waals surface area contributed by atoms with Crippen molar-refractivity contribution in [2.24, 2.45) is 0 Å². The second kappa shape index (κ2) is 3.50. The molecule has 2 aliphatic rings. The summed E-state index contributed by atoms with van der Waals surface area (Å²) in [5.74, 6) is 0.260. The molecule has 2 fully saturated rings. The van der Waals surface area contributed by atoms with Gasteiger partial charge in [-0.2, -0.15) is 0 Å². The van der Waals surface area contributed by atoms with Crippen molar-refractivity contribution in [1.29, 1.82) is 0 Å². The zero-order valence-corrected chi connectivity index (χ0v) is 8.05. The Hall–Kier alpha value is -0.830. The summed E-state index contributed by atoms with van der Waals surface area (Å²) in [4.78, 5) is 13.8. The van der Waals surface area contributed by atoms with Gasteiger partial charge in [0.05, 0.1) is 0 Å². The molecule has 2 saturated heterocycles. The number of hydrogen-bond acceptors (Lipinski definition) is 2. The van der Waals surface area contributed by atoms with E-state index in [4.69, 9.17) is 0 Å². The molecular weight excluding hydrogens is 164 g/mol. The summed E-state index contributed by atoms with van der Waals surface area (Å²) in [6, 6.07) is 0.449. The van der Waals surface area contributed by atoms with E-state index in [0.717, 1.165) is 38.0 Å². The lowest BCUT2D eigenvalue weighted by atomic mass is 10.2. The Bertz CT molecular complexity index is 241. The first-order valence-electron chi connectivity index (χ1n) is 5.00. The number of hydrogen-bond donors (Lipinski definition) is 1. The smallest absolute Gasteiger partial charge is 0.249 e. The molecule has 0 aliphatic carbocycles. The van der Waals surface area contributed by atoms with Crippen LogP contribution in [0.4, 0.5) is 0 Å². The van der Waals surface area contributed by atoms with E-state index >= 15 is 0 Å². The fourth-order valence-electron chi connectivity index (χ4n) is 2.16. The molecule has 0 radical (unpaired) electrons. The average molecular weight is 180 g/mol. The van der Waals surface area contributed by atoms with Crippen LogP contribution in [0.1, 0.15) is 19.8 Å². The molecule has 3 heteroatoms. The average Bonchev–Trinajstić information content (AvgIpc) is 2.72. The second-order valence-electron chi connectivity index (χ2n) is 3.71. The lowest BCUT2D eigenvalue weighted by Gasteiger charge is -2.22. The molecule has 0 bridgehead atoms. The fraction of sp³-hybridized carbons (Fsp3) is 0.700. The summed E-state index contributed by atoms with van der Waals surface area (Å²) >= 11 is 0. The van der Waals surface area contributed by atoms with Gasteiger partial charge in [0.15, 0.2) is 0 Å². The number of carbonyl (C=O) groups is 1. The van der Waals surface area contributed by atoms with Crippen LogP contribution < -0.4 is 5.32 Å². The van der Waals surface area contributed by atoms with Gasteiger partial charge in [-0.25, -0.2) is 0 Å². The van der Waals surface area contributed by atoms with Crippen molar-refractivity contribution in [1.82, 2.24) is 10.2 Å². The van der Waals surface area contributed by atoms with Gasteiger partial charge in [-0.05, 0) is 26.3 Å². The molecule has 2 aliphatic heterocycles. The Balaban J connectivity index is 2.05. The van der Waals surface area contributed by atoms with Crippen molar-refractivity contribution in [3.05, 3.63) is 11.6 Å². The van der Waals surface area contributed by atoms with Crippen LogP contribution in [-0.2, 0) is 4.79 Å². The molecule has 2 rings (SSSR count). The number of nitrogens with one attached hydrogen (secondary N) is 1. The molecule has 0 aromatic rings. The molecule has 1 N–H and O–H groups in total. The predicted octanol–water partition coefficient (Wildman–Crippen LogP) is 0.527. The van der Waals surface area contributed by atoms with Crippen LogP contribution in [-0.4, -0.2) is 36.5 Å². The maximum atomic E-state index is 11.8. The van der Waals surface area contributed by atoms with Crippen LogP contribution in [0.25, 0.3) is 0 Å². The number of amides is 1. The van der Waals surface area contributed by atoms with E-state index in [1.807, 2.05) is 17.9 Å². The molecule has 0 aromatic heterocycles. The van der Waals surface area contributed by atoms with Crippen LogP contribution in [0.5, 0.6) is 0 Å². The van der Waals surface area contributed by atoms with Crippen LogP contribution in [0, 0.1) is 0 Å². The second-order valence-corrected chi connectivity index (χ2v) is 3.71. The zero-order valence-electron chi connectivity index (χ0n) is 8.05. The van der Waals surface area contributed by atoms with Gasteiger partial charge in [0.25, 0.3) is 0 Å². The predicted molar refractivity (Wildman–Crippen MR) is 51.4 cm³/mol. The summed E-state index contributed by atoms with van der Waals surface area (Å²) in [5.41, 5.74) is 0.993. The topological polar surface area (TPSA) is 32.3 Å². The van der Waals surface area contributed by atoms with Gasteiger partial charge < -0.3 is 10.2 Å². The first-order valence-corrected chi connectivity index (χ1v) is 5.00. The SMILES string of the molecule is C/C=C1\CCN(C2CCNC2)C1=O. The Kier molecular flexibility index (Phi) is 2.36. The van der Waals surface area contributed by atoms with Crippen LogP contribution in [0.15, 0.2) is 11.6 Å². The van der Waals surface area contributed by atoms with E-state index in [-0.39, 0.29) is 5.91 Å². The van der Waals surface area contributed by atoms with Crippen molar-refractivity contribution in [2.45, 2.75) is 25.8 Å². The summed E-state index contributed by atoms with van der Waals surface area (Å²) in [6.45, 7) is 4.90. The van der Waals surface area contributed by atoms with E-state index in [0.29, 0.717) is 6.04 Å². The van der Waals surface area contributed by atoms with Crippen LogP contribution >= 0.6 is 0 Å². The van der Waals surface area contributed by atoms with Crippen molar-refractivity contribution < 1.29 is 4.79 Å². The standard InChI is InChI=1S/C10H16N2O/c1-2-8-4-6-12(10(8)13)9-3-5-11-7-9/h2,9,11H,3-7H2,1H3/b8-2+. The van der Waals surface area contributed by atoms with Gasteiger partial charge in [-0.15, -0.1) is 0 Å². The summed E-state index contributed by atoms with van der Waals surface area (Å²) < 4.78 is 0. The lowest BCUT2D eigenvalue weighted by Crippen LogP contribution is -2.37. The Morgan fingerprint density at radius 2 is 2.46 bits per heavy atom. The molecule has 1 amide bonds. The first-order chi connectivity index (χ1) is 6.33. The molecule has 1 atom stereocenters. The number of likely N-dealkylation sites (tertiary alicyclic amines) is 1. The van der Waals surface area contributed by atoms with Crippen molar-refractivity contribution in [2.75, 3.05) is 19.6 Å². The molecule has 0 saturated carbocycles. The number of carbonyl (C=O) groups excluding carboxylic acids is 1. The first kappa shape index (κ1) is 8.75. The summed E-state index contributed by atoms with van der Waals surface area (Å²) in [6.07, 6.45) is 4.00. The molecule has 0 aromatic carbocycles.